The Balaban J connectivity index is 1.70. The summed E-state index contributed by atoms with van der Waals surface area (Å²) in [4.78, 5) is 7.09. The predicted molar refractivity (Wildman–Crippen MR) is 98.0 cm³/mol. The van der Waals surface area contributed by atoms with Crippen LogP contribution in [0, 0.1) is 0 Å². The smallest absolute Gasteiger partial charge is 0.0729 e. The molecule has 0 radical (unpaired) electrons. The zero-order valence-electron chi connectivity index (χ0n) is 13.6. The van der Waals surface area contributed by atoms with Gasteiger partial charge in [0.25, 0.3) is 0 Å². The number of likely N-dealkylation sites (N-methyl/N-ethyl adjacent to an activating group) is 1. The lowest BCUT2D eigenvalue weighted by molar-refractivity contribution is 0.227. The van der Waals surface area contributed by atoms with E-state index in [4.69, 9.17) is 0 Å². The molecule has 1 N–H and O–H groups in total. The van der Waals surface area contributed by atoms with Gasteiger partial charge in [-0.15, -0.1) is 0 Å². The first-order valence-corrected chi connectivity index (χ1v) is 8.60. The summed E-state index contributed by atoms with van der Waals surface area (Å²) >= 11 is 0. The third-order valence-corrected chi connectivity index (χ3v) is 4.92. The highest BCUT2D eigenvalue weighted by Crippen LogP contribution is 2.28. The van der Waals surface area contributed by atoms with Crippen LogP contribution in [0.5, 0.6) is 0 Å². The molecule has 3 nitrogen and oxygen atoms in total. The second-order valence-corrected chi connectivity index (χ2v) is 6.45. The van der Waals surface area contributed by atoms with Crippen molar-refractivity contribution in [2.45, 2.75) is 25.8 Å². The van der Waals surface area contributed by atoms with Gasteiger partial charge in [-0.05, 0) is 54.9 Å². The van der Waals surface area contributed by atoms with E-state index in [2.05, 4.69) is 64.6 Å². The Morgan fingerprint density at radius 3 is 2.83 bits per heavy atom. The largest absolute Gasteiger partial charge is 0.380 e. The van der Waals surface area contributed by atoms with Crippen molar-refractivity contribution in [3.63, 3.8) is 0 Å². The minimum atomic E-state index is 0.528. The van der Waals surface area contributed by atoms with Crippen molar-refractivity contribution >= 4 is 27.4 Å². The Kier molecular flexibility index (Phi) is 3.88. The van der Waals surface area contributed by atoms with Crippen LogP contribution in [0.2, 0.25) is 0 Å². The van der Waals surface area contributed by atoms with Crippen molar-refractivity contribution in [2.24, 2.45) is 0 Å². The third kappa shape index (κ3) is 2.89. The van der Waals surface area contributed by atoms with Crippen LogP contribution in [0.1, 0.15) is 19.8 Å². The fraction of sp³-hybridized carbons (Fsp3) is 0.350. The molecule has 118 valence electrons. The lowest BCUT2D eigenvalue weighted by Gasteiger charge is -2.33. The summed E-state index contributed by atoms with van der Waals surface area (Å²) in [5.41, 5.74) is 2.28. The molecule has 0 aliphatic carbocycles. The number of likely N-dealkylation sites (tertiary alicyclic amines) is 1. The molecule has 1 saturated heterocycles. The number of nitrogens with zero attached hydrogens (tertiary/aromatic N) is 2. The van der Waals surface area contributed by atoms with Crippen LogP contribution in [0.25, 0.3) is 21.7 Å². The molecule has 3 heteroatoms. The number of fused-ring (bicyclic) bond motifs is 2. The van der Waals surface area contributed by atoms with Gasteiger partial charge >= 0.3 is 0 Å². The molecule has 4 rings (SSSR count). The first-order chi connectivity index (χ1) is 11.3. The second kappa shape index (κ2) is 6.17. The van der Waals surface area contributed by atoms with Gasteiger partial charge in [0.1, 0.15) is 0 Å². The van der Waals surface area contributed by atoms with Crippen LogP contribution in [0.4, 0.5) is 5.69 Å². The number of anilines is 1. The normalized spacial score (nSPS) is 19.3. The molecule has 23 heavy (non-hydrogen) atoms. The molecule has 1 fully saturated rings. The van der Waals surface area contributed by atoms with Gasteiger partial charge in [0.15, 0.2) is 0 Å². The third-order valence-electron chi connectivity index (χ3n) is 4.92. The molecule has 2 heterocycles. The van der Waals surface area contributed by atoms with Crippen LogP contribution in [0.3, 0.4) is 0 Å². The van der Waals surface area contributed by atoms with Gasteiger partial charge in [-0.2, -0.15) is 0 Å². The van der Waals surface area contributed by atoms with Crippen LogP contribution in [0.15, 0.2) is 48.7 Å². The zero-order valence-corrected chi connectivity index (χ0v) is 13.6. The van der Waals surface area contributed by atoms with Crippen LogP contribution >= 0.6 is 0 Å². The minimum absolute atomic E-state index is 0.528. The van der Waals surface area contributed by atoms with E-state index in [9.17, 15) is 0 Å². The van der Waals surface area contributed by atoms with Crippen molar-refractivity contribution in [3.05, 3.63) is 48.7 Å². The monoisotopic (exact) mass is 305 g/mol. The Labute approximate surface area is 137 Å². The van der Waals surface area contributed by atoms with Gasteiger partial charge in [0.2, 0.25) is 0 Å². The molecule has 0 amide bonds. The van der Waals surface area contributed by atoms with E-state index in [1.54, 1.807) is 0 Å². The average molecular weight is 305 g/mol. The lowest BCUT2D eigenvalue weighted by Crippen LogP contribution is -2.41. The van der Waals surface area contributed by atoms with Crippen molar-refractivity contribution in [1.29, 1.82) is 0 Å². The maximum Gasteiger partial charge on any atom is 0.0729 e. The van der Waals surface area contributed by atoms with Crippen molar-refractivity contribution in [2.75, 3.05) is 25.0 Å². The number of rotatable bonds is 3. The zero-order chi connectivity index (χ0) is 15.6. The number of pyridine rings is 1. The molecule has 1 aromatic heterocycles. The molecule has 0 unspecified atom stereocenters. The summed E-state index contributed by atoms with van der Waals surface area (Å²) in [6.07, 6.45) is 4.44. The SMILES string of the molecule is CCN1CCC[C@H](Nc2ccnc3cc4ccccc4cc23)C1. The first kappa shape index (κ1) is 14.5. The second-order valence-electron chi connectivity index (χ2n) is 6.45. The van der Waals surface area contributed by atoms with Gasteiger partial charge < -0.3 is 10.2 Å². The summed E-state index contributed by atoms with van der Waals surface area (Å²) in [6, 6.07) is 15.6. The summed E-state index contributed by atoms with van der Waals surface area (Å²) in [7, 11) is 0. The molecular weight excluding hydrogens is 282 g/mol. The van der Waals surface area contributed by atoms with Crippen molar-refractivity contribution in [3.8, 4) is 0 Å². The summed E-state index contributed by atoms with van der Waals surface area (Å²) in [6.45, 7) is 5.75. The van der Waals surface area contributed by atoms with Gasteiger partial charge in [0, 0.05) is 29.9 Å². The van der Waals surface area contributed by atoms with Crippen LogP contribution in [-0.4, -0.2) is 35.6 Å². The molecule has 0 saturated carbocycles. The minimum Gasteiger partial charge on any atom is -0.380 e. The summed E-state index contributed by atoms with van der Waals surface area (Å²) < 4.78 is 0. The van der Waals surface area contributed by atoms with Gasteiger partial charge in [-0.25, -0.2) is 0 Å². The van der Waals surface area contributed by atoms with Crippen molar-refractivity contribution < 1.29 is 0 Å². The quantitative estimate of drug-likeness (QED) is 0.732. The fourth-order valence-corrected chi connectivity index (χ4v) is 3.64. The van der Waals surface area contributed by atoms with E-state index in [1.165, 1.54) is 41.2 Å². The highest BCUT2D eigenvalue weighted by molar-refractivity contribution is 6.01. The molecule has 1 aliphatic rings. The number of nitrogens with one attached hydrogen (secondary N) is 1. The van der Waals surface area contributed by atoms with Gasteiger partial charge in [0.05, 0.1) is 5.52 Å². The van der Waals surface area contributed by atoms with E-state index in [-0.39, 0.29) is 0 Å². The highest BCUT2D eigenvalue weighted by atomic mass is 15.2. The van der Waals surface area contributed by atoms with E-state index < -0.39 is 0 Å². The van der Waals surface area contributed by atoms with Gasteiger partial charge in [-0.1, -0.05) is 31.2 Å². The molecule has 3 aromatic rings. The van der Waals surface area contributed by atoms with E-state index in [1.807, 2.05) is 6.20 Å². The van der Waals surface area contributed by atoms with Crippen molar-refractivity contribution in [1.82, 2.24) is 9.88 Å². The molecule has 2 aromatic carbocycles. The summed E-state index contributed by atoms with van der Waals surface area (Å²) in [5.74, 6) is 0. The Hall–Kier alpha value is -2.13. The maximum absolute atomic E-state index is 4.57. The molecule has 0 bridgehead atoms. The number of benzene rings is 2. The van der Waals surface area contributed by atoms with E-state index in [0.29, 0.717) is 6.04 Å². The van der Waals surface area contributed by atoms with Crippen LogP contribution in [-0.2, 0) is 0 Å². The Morgan fingerprint density at radius 1 is 1.17 bits per heavy atom. The average Bonchev–Trinajstić information content (AvgIpc) is 2.60. The molecule has 1 aliphatic heterocycles. The number of aromatic nitrogens is 1. The Bertz CT molecular complexity index is 827. The maximum atomic E-state index is 4.57. The first-order valence-electron chi connectivity index (χ1n) is 8.60. The lowest BCUT2D eigenvalue weighted by atomic mass is 10.0. The summed E-state index contributed by atoms with van der Waals surface area (Å²) in [5, 5.41) is 7.52. The Morgan fingerprint density at radius 2 is 2.00 bits per heavy atom. The van der Waals surface area contributed by atoms with Gasteiger partial charge in [-0.3, -0.25) is 4.98 Å². The molecule has 1 atom stereocenters. The number of hydrogen-bond acceptors (Lipinski definition) is 3. The predicted octanol–water partition coefficient (Wildman–Crippen LogP) is 4.28. The standard InChI is InChI=1S/C20H23N3/c1-2-23-11-5-8-17(14-23)22-19-9-10-21-20-13-16-7-4-3-6-15(16)12-18(19)20/h3-4,6-7,9-10,12-13,17H,2,5,8,11,14H2,1H3,(H,21,22)/t17-/m0/s1. The topological polar surface area (TPSA) is 28.2 Å². The van der Waals surface area contributed by atoms with E-state index in [0.717, 1.165) is 18.6 Å². The fourth-order valence-electron chi connectivity index (χ4n) is 3.64. The number of hydrogen-bond donors (Lipinski definition) is 1. The molecule has 0 spiro atoms. The van der Waals surface area contributed by atoms with Crippen LogP contribution < -0.4 is 5.32 Å². The number of piperidine rings is 1. The highest BCUT2D eigenvalue weighted by Gasteiger charge is 2.19. The molecular formula is C20H23N3. The van der Waals surface area contributed by atoms with E-state index >= 15 is 0 Å².